The zero-order chi connectivity index (χ0) is 42.2. The Balaban J connectivity index is 0.000000182. The van der Waals surface area contributed by atoms with E-state index >= 15 is 0 Å². The number of rotatable bonds is 11. The summed E-state index contributed by atoms with van der Waals surface area (Å²) in [5, 5.41) is 8.46. The van der Waals surface area contributed by atoms with Gasteiger partial charge in [0.25, 0.3) is 11.8 Å². The Bertz CT molecular complexity index is 2500. The van der Waals surface area contributed by atoms with Crippen molar-refractivity contribution in [3.63, 3.8) is 0 Å². The molecule has 2 aliphatic rings. The quantitative estimate of drug-likeness (QED) is 0.105. The van der Waals surface area contributed by atoms with Gasteiger partial charge in [0.1, 0.15) is 0 Å². The summed E-state index contributed by atoms with van der Waals surface area (Å²) < 4.78 is 0. The van der Waals surface area contributed by atoms with Gasteiger partial charge in [-0.25, -0.2) is 0 Å². The van der Waals surface area contributed by atoms with Gasteiger partial charge in [-0.15, -0.1) is 0 Å². The van der Waals surface area contributed by atoms with Gasteiger partial charge in [-0.05, 0) is 142 Å². The molecule has 312 valence electrons. The molecular weight excluding hydrogens is 741 g/mol. The van der Waals surface area contributed by atoms with E-state index < -0.39 is 0 Å². The second-order valence-corrected chi connectivity index (χ2v) is 17.2. The van der Waals surface area contributed by atoms with Crippen molar-refractivity contribution in [1.29, 1.82) is 0 Å². The summed E-state index contributed by atoms with van der Waals surface area (Å²) in [5.74, 6) is -0.138. The van der Waals surface area contributed by atoms with Gasteiger partial charge < -0.3 is 20.6 Å². The maximum Gasteiger partial charge on any atom is 0.255 e. The Morgan fingerprint density at radius 3 is 1.77 bits per heavy atom. The number of hydrogen-bond acceptors (Lipinski definition) is 4. The molecule has 0 atom stereocenters. The third-order valence-corrected chi connectivity index (χ3v) is 11.9. The van der Waals surface area contributed by atoms with Gasteiger partial charge in [0.15, 0.2) is 0 Å². The molecule has 0 saturated carbocycles. The fourth-order valence-corrected chi connectivity index (χ4v) is 8.38. The average molecular weight is 803 g/mol. The molecule has 8 heteroatoms. The molecule has 0 aliphatic carbocycles. The number of aryl methyl sites for hydroxylation is 2. The van der Waals surface area contributed by atoms with E-state index in [1.54, 1.807) is 0 Å². The average Bonchev–Trinajstić information content (AvgIpc) is 3.88. The summed E-state index contributed by atoms with van der Waals surface area (Å²) in [6.45, 7) is 18.6. The Morgan fingerprint density at radius 1 is 0.650 bits per heavy atom. The molecule has 0 spiro atoms. The third-order valence-electron chi connectivity index (χ3n) is 11.9. The summed E-state index contributed by atoms with van der Waals surface area (Å²) >= 11 is 0. The highest BCUT2D eigenvalue weighted by molar-refractivity contribution is 6.07. The topological polar surface area (TPSA) is 96.3 Å². The van der Waals surface area contributed by atoms with Crippen LogP contribution in [0.15, 0.2) is 109 Å². The zero-order valence-electron chi connectivity index (χ0n) is 36.4. The van der Waals surface area contributed by atoms with Gasteiger partial charge in [-0.3, -0.25) is 19.4 Å². The number of aromatic nitrogens is 2. The van der Waals surface area contributed by atoms with Crippen LogP contribution >= 0.6 is 0 Å². The van der Waals surface area contributed by atoms with Crippen molar-refractivity contribution in [1.82, 2.24) is 19.8 Å². The first kappa shape index (κ1) is 42.4. The standard InChI is InChI=1S/C27H33N3O.C25H29N3O/c1-5-6-19-7-9-21(10-8-19)26(31)29-22-11-12-25-23(17-22)24(18-28-25)20-13-15-30(16-14-20)27(2,3)4;1-3-12-28-13-10-19(11-14-28)23-17-26-24-9-8-21(16-22(23)24)27-25(29)20-7-5-6-18(4-2)15-20/h7-13,17-18,28H,5-6,14-16H2,1-4H3,(H,29,31);5-10,15-17,26H,3-4,11-14H2,1-2H3,(H,27,29). The summed E-state index contributed by atoms with van der Waals surface area (Å²) in [6, 6.07) is 27.9. The molecule has 0 bridgehead atoms. The number of nitrogens with one attached hydrogen (secondary N) is 4. The molecule has 8 rings (SSSR count). The van der Waals surface area contributed by atoms with Crippen LogP contribution in [0.2, 0.25) is 0 Å². The number of anilines is 2. The van der Waals surface area contributed by atoms with Crippen LogP contribution in [0.1, 0.15) is 110 Å². The SMILES string of the molecule is CCCN1CC=C(c2c[nH]c3ccc(NC(=O)c4cccc(CC)c4)cc23)CC1.CCCc1ccc(C(=O)Nc2ccc3[nH]cc(C4=CCN(C(C)(C)C)CC4)c3c2)cc1. The Hall–Kier alpha value is -5.70. The maximum atomic E-state index is 12.7. The van der Waals surface area contributed by atoms with Crippen molar-refractivity contribution in [2.24, 2.45) is 0 Å². The zero-order valence-corrected chi connectivity index (χ0v) is 36.4. The number of H-pyrrole nitrogens is 2. The van der Waals surface area contributed by atoms with E-state index in [-0.39, 0.29) is 17.4 Å². The van der Waals surface area contributed by atoms with Crippen LogP contribution in [0, 0.1) is 0 Å². The first-order valence-electron chi connectivity index (χ1n) is 21.9. The first-order valence-corrected chi connectivity index (χ1v) is 21.9. The van der Waals surface area contributed by atoms with Crippen molar-refractivity contribution in [3.05, 3.63) is 143 Å². The lowest BCUT2D eigenvalue weighted by molar-refractivity contribution is 0.101. The normalized spacial score (nSPS) is 15.0. The van der Waals surface area contributed by atoms with Crippen LogP contribution in [0.3, 0.4) is 0 Å². The number of fused-ring (bicyclic) bond motifs is 2. The molecule has 0 saturated heterocycles. The summed E-state index contributed by atoms with van der Waals surface area (Å²) in [4.78, 5) is 37.2. The van der Waals surface area contributed by atoms with E-state index in [0.29, 0.717) is 11.1 Å². The lowest BCUT2D eigenvalue weighted by Gasteiger charge is -2.37. The summed E-state index contributed by atoms with van der Waals surface area (Å²) in [6.07, 6.45) is 15.3. The molecule has 4 N–H and O–H groups in total. The lowest BCUT2D eigenvalue weighted by Crippen LogP contribution is -2.43. The predicted molar refractivity (Wildman–Crippen MR) is 252 cm³/mol. The first-order chi connectivity index (χ1) is 29.0. The minimum Gasteiger partial charge on any atom is -0.361 e. The fraction of sp³-hybridized carbons (Fsp3) is 0.346. The number of nitrogens with zero attached hydrogens (tertiary/aromatic N) is 2. The molecule has 4 heterocycles. The molecular formula is C52H62N6O2. The van der Waals surface area contributed by atoms with Crippen molar-refractivity contribution < 1.29 is 9.59 Å². The Morgan fingerprint density at radius 2 is 1.25 bits per heavy atom. The molecule has 0 fully saturated rings. The molecule has 2 aliphatic heterocycles. The van der Waals surface area contributed by atoms with Gasteiger partial charge in [-0.1, -0.05) is 63.6 Å². The number of amides is 2. The minimum atomic E-state index is -0.0721. The van der Waals surface area contributed by atoms with Gasteiger partial charge in [0, 0.05) is 99.5 Å². The van der Waals surface area contributed by atoms with Crippen LogP contribution in [-0.2, 0) is 12.8 Å². The van der Waals surface area contributed by atoms with Crippen LogP contribution in [-0.4, -0.2) is 69.8 Å². The Kier molecular flexibility index (Phi) is 13.5. The predicted octanol–water partition coefficient (Wildman–Crippen LogP) is 11.7. The molecule has 0 unspecified atom stereocenters. The highest BCUT2D eigenvalue weighted by Gasteiger charge is 2.24. The van der Waals surface area contributed by atoms with E-state index in [1.807, 2.05) is 66.7 Å². The van der Waals surface area contributed by atoms with Gasteiger partial charge in [0.05, 0.1) is 0 Å². The summed E-state index contributed by atoms with van der Waals surface area (Å²) in [5.41, 5.74) is 13.1. The molecule has 4 aromatic carbocycles. The maximum absolute atomic E-state index is 12.7. The van der Waals surface area contributed by atoms with Crippen molar-refractivity contribution in [2.45, 2.75) is 85.6 Å². The molecule has 8 nitrogen and oxygen atoms in total. The van der Waals surface area contributed by atoms with E-state index in [1.165, 1.54) is 45.2 Å². The monoisotopic (exact) mass is 802 g/mol. The molecule has 60 heavy (non-hydrogen) atoms. The smallest absolute Gasteiger partial charge is 0.255 e. The summed E-state index contributed by atoms with van der Waals surface area (Å²) in [7, 11) is 0. The number of benzene rings is 4. The molecule has 6 aromatic rings. The number of aromatic amines is 2. The largest absolute Gasteiger partial charge is 0.361 e. The van der Waals surface area contributed by atoms with E-state index in [4.69, 9.17) is 0 Å². The van der Waals surface area contributed by atoms with E-state index in [2.05, 4.69) is 115 Å². The van der Waals surface area contributed by atoms with E-state index in [0.717, 1.165) is 92.6 Å². The van der Waals surface area contributed by atoms with Crippen molar-refractivity contribution in [2.75, 3.05) is 43.4 Å². The molecule has 2 amide bonds. The minimum absolute atomic E-state index is 0.0659. The fourth-order valence-electron chi connectivity index (χ4n) is 8.38. The van der Waals surface area contributed by atoms with Gasteiger partial charge in [-0.2, -0.15) is 0 Å². The van der Waals surface area contributed by atoms with Gasteiger partial charge in [0.2, 0.25) is 0 Å². The van der Waals surface area contributed by atoms with Crippen molar-refractivity contribution >= 4 is 56.1 Å². The highest BCUT2D eigenvalue weighted by atomic mass is 16.2. The number of carbonyl (C=O) groups excluding carboxylic acids is 2. The Labute approximate surface area is 356 Å². The lowest BCUT2D eigenvalue weighted by atomic mass is 9.95. The van der Waals surface area contributed by atoms with Gasteiger partial charge >= 0.3 is 0 Å². The number of hydrogen-bond donors (Lipinski definition) is 4. The second-order valence-electron chi connectivity index (χ2n) is 17.2. The van der Waals surface area contributed by atoms with Crippen LogP contribution < -0.4 is 10.6 Å². The van der Waals surface area contributed by atoms with Crippen LogP contribution in [0.5, 0.6) is 0 Å². The number of carbonyl (C=O) groups is 2. The van der Waals surface area contributed by atoms with Crippen molar-refractivity contribution in [3.8, 4) is 0 Å². The van der Waals surface area contributed by atoms with Crippen LogP contribution in [0.4, 0.5) is 11.4 Å². The highest BCUT2D eigenvalue weighted by Crippen LogP contribution is 2.33. The molecule has 2 aromatic heterocycles. The van der Waals surface area contributed by atoms with E-state index in [9.17, 15) is 9.59 Å². The molecule has 0 radical (unpaired) electrons. The third kappa shape index (κ3) is 10.2. The second kappa shape index (κ2) is 19.1. The van der Waals surface area contributed by atoms with Crippen LogP contribution in [0.25, 0.3) is 33.0 Å².